The number of aryl methyl sites for hydroxylation is 2. The normalized spacial score (nSPS) is 12.1. The Morgan fingerprint density at radius 1 is 1.39 bits per heavy atom. The van der Waals surface area contributed by atoms with E-state index >= 15 is 0 Å². The number of rotatable bonds is 7. The average molecular weight is 275 g/mol. The molecule has 18 heavy (non-hydrogen) atoms. The van der Waals surface area contributed by atoms with Gasteiger partial charge in [-0.25, -0.2) is 0 Å². The maximum absolute atomic E-state index is 12.0. The zero-order valence-corrected chi connectivity index (χ0v) is 12.1. The van der Waals surface area contributed by atoms with Gasteiger partial charge in [-0.05, 0) is 33.9 Å². The molecule has 0 radical (unpaired) electrons. The minimum atomic E-state index is -3.51. The monoisotopic (exact) mass is 275 g/mol. The minimum Gasteiger partial charge on any atom is -0.320 e. The standard InChI is InChI=1S/C10H21N5O2S/c1-8-10(9(2)13-12-8)14-18(16,17)15(4)7-5-6-11-3/h11,14H,5-7H2,1-4H3,(H,12,13). The van der Waals surface area contributed by atoms with Gasteiger partial charge in [-0.15, -0.1) is 0 Å². The van der Waals surface area contributed by atoms with Crippen LogP contribution in [0.5, 0.6) is 0 Å². The van der Waals surface area contributed by atoms with Crippen molar-refractivity contribution in [2.45, 2.75) is 20.3 Å². The topological polar surface area (TPSA) is 90.1 Å². The Morgan fingerprint density at radius 3 is 2.56 bits per heavy atom. The zero-order valence-electron chi connectivity index (χ0n) is 11.2. The van der Waals surface area contributed by atoms with Crippen LogP contribution < -0.4 is 10.0 Å². The predicted molar refractivity (Wildman–Crippen MR) is 71.8 cm³/mol. The van der Waals surface area contributed by atoms with Gasteiger partial charge in [0, 0.05) is 13.6 Å². The highest BCUT2D eigenvalue weighted by atomic mass is 32.2. The number of nitrogens with zero attached hydrogens (tertiary/aromatic N) is 2. The van der Waals surface area contributed by atoms with Gasteiger partial charge in [-0.1, -0.05) is 0 Å². The van der Waals surface area contributed by atoms with Gasteiger partial charge >= 0.3 is 10.2 Å². The van der Waals surface area contributed by atoms with Crippen LogP contribution in [0.2, 0.25) is 0 Å². The third-order valence-corrected chi connectivity index (χ3v) is 4.13. The van der Waals surface area contributed by atoms with Crippen LogP contribution in [0.3, 0.4) is 0 Å². The highest BCUT2D eigenvalue weighted by Gasteiger charge is 2.20. The molecule has 0 fully saturated rings. The van der Waals surface area contributed by atoms with Crippen molar-refractivity contribution >= 4 is 15.9 Å². The molecule has 0 aliphatic rings. The Labute approximate surface area is 108 Å². The Morgan fingerprint density at radius 2 is 2.06 bits per heavy atom. The summed E-state index contributed by atoms with van der Waals surface area (Å²) in [6.45, 7) is 4.77. The lowest BCUT2D eigenvalue weighted by atomic mass is 10.3. The van der Waals surface area contributed by atoms with E-state index in [1.54, 1.807) is 20.9 Å². The number of aromatic nitrogens is 2. The number of hydrogen-bond donors (Lipinski definition) is 3. The fourth-order valence-electron chi connectivity index (χ4n) is 1.51. The van der Waals surface area contributed by atoms with E-state index in [1.165, 1.54) is 4.31 Å². The number of H-pyrrole nitrogens is 1. The van der Waals surface area contributed by atoms with E-state index in [4.69, 9.17) is 0 Å². The van der Waals surface area contributed by atoms with Crippen LogP contribution in [0.4, 0.5) is 5.69 Å². The van der Waals surface area contributed by atoms with Crippen LogP contribution in [0.1, 0.15) is 17.8 Å². The van der Waals surface area contributed by atoms with Gasteiger partial charge in [0.05, 0.1) is 17.1 Å². The summed E-state index contributed by atoms with van der Waals surface area (Å²) in [6.07, 6.45) is 0.761. The number of aromatic amines is 1. The van der Waals surface area contributed by atoms with E-state index in [2.05, 4.69) is 20.2 Å². The van der Waals surface area contributed by atoms with Crippen LogP contribution in [-0.4, -0.2) is 50.1 Å². The molecule has 104 valence electrons. The molecule has 0 aliphatic carbocycles. The molecule has 0 aromatic carbocycles. The highest BCUT2D eigenvalue weighted by molar-refractivity contribution is 7.90. The molecule has 1 rings (SSSR count). The largest absolute Gasteiger partial charge is 0.320 e. The van der Waals surface area contributed by atoms with Gasteiger partial charge in [-0.2, -0.15) is 17.8 Å². The summed E-state index contributed by atoms with van der Waals surface area (Å²) in [5, 5.41) is 9.68. The molecule has 0 saturated carbocycles. The van der Waals surface area contributed by atoms with E-state index < -0.39 is 10.2 Å². The van der Waals surface area contributed by atoms with Crippen LogP contribution in [0.15, 0.2) is 0 Å². The lowest BCUT2D eigenvalue weighted by Gasteiger charge is -2.18. The first-order valence-electron chi connectivity index (χ1n) is 5.78. The molecule has 1 aromatic rings. The van der Waals surface area contributed by atoms with Gasteiger partial charge in [0.2, 0.25) is 0 Å². The van der Waals surface area contributed by atoms with Crippen molar-refractivity contribution < 1.29 is 8.42 Å². The Kier molecular flexibility index (Phi) is 5.12. The van der Waals surface area contributed by atoms with Crippen LogP contribution in [0.25, 0.3) is 0 Å². The van der Waals surface area contributed by atoms with E-state index in [1.807, 2.05) is 7.05 Å². The highest BCUT2D eigenvalue weighted by Crippen LogP contribution is 2.18. The van der Waals surface area contributed by atoms with Gasteiger partial charge in [0.15, 0.2) is 0 Å². The fraction of sp³-hybridized carbons (Fsp3) is 0.700. The summed E-state index contributed by atoms with van der Waals surface area (Å²) in [4.78, 5) is 0. The van der Waals surface area contributed by atoms with Crippen molar-refractivity contribution in [1.82, 2.24) is 19.8 Å². The molecule has 8 heteroatoms. The summed E-state index contributed by atoms with van der Waals surface area (Å²) >= 11 is 0. The molecule has 0 amide bonds. The second kappa shape index (κ2) is 6.17. The second-order valence-corrected chi connectivity index (χ2v) is 5.97. The van der Waals surface area contributed by atoms with Crippen molar-refractivity contribution in [3.05, 3.63) is 11.4 Å². The van der Waals surface area contributed by atoms with Crippen molar-refractivity contribution in [3.63, 3.8) is 0 Å². The van der Waals surface area contributed by atoms with Crippen molar-refractivity contribution in [3.8, 4) is 0 Å². The zero-order chi connectivity index (χ0) is 13.8. The number of nitrogens with one attached hydrogen (secondary N) is 3. The van der Waals surface area contributed by atoms with Crippen molar-refractivity contribution in [2.75, 3.05) is 31.9 Å². The summed E-state index contributed by atoms with van der Waals surface area (Å²) in [7, 11) is -0.117. The summed E-state index contributed by atoms with van der Waals surface area (Å²) in [5.74, 6) is 0. The summed E-state index contributed by atoms with van der Waals surface area (Å²) < 4.78 is 27.9. The minimum absolute atomic E-state index is 0.464. The first-order chi connectivity index (χ1) is 8.38. The van der Waals surface area contributed by atoms with Crippen LogP contribution in [-0.2, 0) is 10.2 Å². The molecular formula is C10H21N5O2S. The van der Waals surface area contributed by atoms with Crippen LogP contribution >= 0.6 is 0 Å². The lowest BCUT2D eigenvalue weighted by Crippen LogP contribution is -2.34. The third-order valence-electron chi connectivity index (χ3n) is 2.67. The molecule has 0 bridgehead atoms. The number of anilines is 1. The Hall–Kier alpha value is -1.12. The maximum atomic E-state index is 12.0. The van der Waals surface area contributed by atoms with Crippen molar-refractivity contribution in [2.24, 2.45) is 0 Å². The predicted octanol–water partition coefficient (Wildman–Crippen LogP) is 0.225. The van der Waals surface area contributed by atoms with Gasteiger partial charge in [-0.3, -0.25) is 9.82 Å². The van der Waals surface area contributed by atoms with Gasteiger partial charge in [0.1, 0.15) is 0 Å². The maximum Gasteiger partial charge on any atom is 0.301 e. The summed E-state index contributed by atoms with van der Waals surface area (Å²) in [5.41, 5.74) is 1.87. The average Bonchev–Trinajstić information content (AvgIpc) is 2.60. The molecule has 0 saturated heterocycles. The molecule has 7 nitrogen and oxygen atoms in total. The molecule has 1 aromatic heterocycles. The first-order valence-corrected chi connectivity index (χ1v) is 7.22. The third kappa shape index (κ3) is 3.69. The van der Waals surface area contributed by atoms with Crippen LogP contribution in [0, 0.1) is 13.8 Å². The quantitative estimate of drug-likeness (QED) is 0.621. The molecule has 0 atom stereocenters. The van der Waals surface area contributed by atoms with E-state index in [9.17, 15) is 8.42 Å². The molecule has 0 aliphatic heterocycles. The van der Waals surface area contributed by atoms with E-state index in [-0.39, 0.29) is 0 Å². The first kappa shape index (κ1) is 14.9. The molecule has 3 N–H and O–H groups in total. The smallest absolute Gasteiger partial charge is 0.301 e. The molecule has 1 heterocycles. The SMILES string of the molecule is CNCCCN(C)S(=O)(=O)Nc1c(C)n[nH]c1C. The molecular weight excluding hydrogens is 254 g/mol. The molecule has 0 unspecified atom stereocenters. The summed E-state index contributed by atoms with van der Waals surface area (Å²) in [6, 6.07) is 0. The lowest BCUT2D eigenvalue weighted by molar-refractivity contribution is 0.462. The fourth-order valence-corrected chi connectivity index (χ4v) is 2.59. The van der Waals surface area contributed by atoms with E-state index in [0.717, 1.165) is 13.0 Å². The van der Waals surface area contributed by atoms with Gasteiger partial charge in [0.25, 0.3) is 0 Å². The Bertz CT molecular complexity index is 463. The molecule has 0 spiro atoms. The number of hydrogen-bond acceptors (Lipinski definition) is 4. The second-order valence-electron chi connectivity index (χ2n) is 4.19. The van der Waals surface area contributed by atoms with Gasteiger partial charge < -0.3 is 5.32 Å². The van der Waals surface area contributed by atoms with E-state index in [0.29, 0.717) is 23.6 Å². The van der Waals surface area contributed by atoms with Crippen molar-refractivity contribution in [1.29, 1.82) is 0 Å². The Balaban J connectivity index is 2.70.